The number of ether oxygens (including phenoxy) is 3. The van der Waals surface area contributed by atoms with Crippen molar-refractivity contribution in [1.82, 2.24) is 5.32 Å². The Morgan fingerprint density at radius 3 is 2.26 bits per heavy atom. The van der Waals surface area contributed by atoms with Crippen molar-refractivity contribution in [2.24, 2.45) is 0 Å². The Labute approximate surface area is 145 Å². The summed E-state index contributed by atoms with van der Waals surface area (Å²) in [6.07, 6.45) is 0.849. The van der Waals surface area contributed by atoms with Gasteiger partial charge in [-0.3, -0.25) is 0 Å². The highest BCUT2D eigenvalue weighted by atomic mass is 79.9. The Hall–Kier alpha value is -1.72. The summed E-state index contributed by atoms with van der Waals surface area (Å²) in [6, 6.07) is 12.0. The lowest BCUT2D eigenvalue weighted by molar-refractivity contribution is 0.396. The Balaban J connectivity index is 1.96. The summed E-state index contributed by atoms with van der Waals surface area (Å²) < 4.78 is 17.0. The van der Waals surface area contributed by atoms with Crippen LogP contribution in [0.15, 0.2) is 40.9 Å². The van der Waals surface area contributed by atoms with E-state index < -0.39 is 0 Å². The minimum Gasteiger partial charge on any atom is -0.496 e. The van der Waals surface area contributed by atoms with Gasteiger partial charge in [0.2, 0.25) is 0 Å². The molecule has 0 radical (unpaired) electrons. The van der Waals surface area contributed by atoms with E-state index in [1.807, 2.05) is 30.3 Å². The zero-order valence-electron chi connectivity index (χ0n) is 13.7. The van der Waals surface area contributed by atoms with Crippen molar-refractivity contribution >= 4 is 15.9 Å². The molecule has 2 aromatic rings. The van der Waals surface area contributed by atoms with Crippen LogP contribution in [0.4, 0.5) is 0 Å². The summed E-state index contributed by atoms with van der Waals surface area (Å²) in [6.45, 7) is 1.60. The first-order valence-electron chi connectivity index (χ1n) is 7.42. The van der Waals surface area contributed by atoms with E-state index in [-0.39, 0.29) is 0 Å². The van der Waals surface area contributed by atoms with Gasteiger partial charge < -0.3 is 19.5 Å². The average molecular weight is 379 g/mol. The second-order valence-electron chi connectivity index (χ2n) is 5.04. The van der Waals surface area contributed by atoms with Gasteiger partial charge in [-0.15, -0.1) is 0 Å². The van der Waals surface area contributed by atoms with Crippen LogP contribution in [0, 0.1) is 0 Å². The van der Waals surface area contributed by atoms with E-state index in [2.05, 4.69) is 27.3 Å². The summed E-state index contributed by atoms with van der Waals surface area (Å²) >= 11 is 3.48. The second kappa shape index (κ2) is 8.79. The SMILES string of the molecule is COc1cc(Br)c(O[11CH3])cc1CCNCc1ccccc1OC. The van der Waals surface area contributed by atoms with E-state index in [9.17, 15) is 0 Å². The Bertz CT molecular complexity index is 646. The number of halogens is 1. The maximum absolute atomic E-state index is 5.44. The van der Waals surface area contributed by atoms with Crippen LogP contribution in [-0.4, -0.2) is 27.9 Å². The van der Waals surface area contributed by atoms with Crippen molar-refractivity contribution in [2.45, 2.75) is 13.0 Å². The van der Waals surface area contributed by atoms with E-state index in [0.29, 0.717) is 0 Å². The molecule has 0 aliphatic heterocycles. The van der Waals surface area contributed by atoms with Gasteiger partial charge in [-0.05, 0) is 52.7 Å². The first-order chi connectivity index (χ1) is 11.2. The van der Waals surface area contributed by atoms with Crippen LogP contribution in [0.5, 0.6) is 17.2 Å². The van der Waals surface area contributed by atoms with E-state index in [4.69, 9.17) is 14.2 Å². The largest absolute Gasteiger partial charge is 0.496 e. The number of methoxy groups -OCH3 is 3. The fraction of sp³-hybridized carbons (Fsp3) is 0.333. The van der Waals surface area contributed by atoms with Gasteiger partial charge in [-0.25, -0.2) is 0 Å². The fourth-order valence-electron chi connectivity index (χ4n) is 2.41. The second-order valence-corrected chi connectivity index (χ2v) is 5.89. The first kappa shape index (κ1) is 17.6. The molecule has 0 atom stereocenters. The maximum Gasteiger partial charge on any atom is 0.133 e. The summed E-state index contributed by atoms with van der Waals surface area (Å²) in [4.78, 5) is 0. The third-order valence-electron chi connectivity index (χ3n) is 3.63. The summed E-state index contributed by atoms with van der Waals surface area (Å²) in [5.41, 5.74) is 2.26. The van der Waals surface area contributed by atoms with Crippen LogP contribution in [-0.2, 0) is 13.0 Å². The first-order valence-corrected chi connectivity index (χ1v) is 8.22. The van der Waals surface area contributed by atoms with Crippen molar-refractivity contribution < 1.29 is 14.2 Å². The van der Waals surface area contributed by atoms with Crippen molar-refractivity contribution in [3.8, 4) is 17.2 Å². The molecule has 124 valence electrons. The molecule has 5 heteroatoms. The van der Waals surface area contributed by atoms with Gasteiger partial charge in [0.05, 0.1) is 25.8 Å². The van der Waals surface area contributed by atoms with Crippen LogP contribution in [0.3, 0.4) is 0 Å². The molecule has 0 spiro atoms. The van der Waals surface area contributed by atoms with E-state index in [1.54, 1.807) is 21.3 Å². The van der Waals surface area contributed by atoms with Crippen LogP contribution < -0.4 is 19.5 Å². The smallest absolute Gasteiger partial charge is 0.133 e. The lowest BCUT2D eigenvalue weighted by Gasteiger charge is -2.13. The van der Waals surface area contributed by atoms with Crippen LogP contribution in [0.1, 0.15) is 11.1 Å². The zero-order valence-corrected chi connectivity index (χ0v) is 15.3. The number of hydrogen-bond acceptors (Lipinski definition) is 4. The Morgan fingerprint density at radius 2 is 1.57 bits per heavy atom. The fourth-order valence-corrected chi connectivity index (χ4v) is 2.90. The van der Waals surface area contributed by atoms with E-state index >= 15 is 0 Å². The average Bonchev–Trinajstić information content (AvgIpc) is 2.59. The zero-order chi connectivity index (χ0) is 16.7. The van der Waals surface area contributed by atoms with Gasteiger partial charge in [0.1, 0.15) is 17.2 Å². The monoisotopic (exact) mass is 378 g/mol. The molecular weight excluding hydrogens is 357 g/mol. The highest BCUT2D eigenvalue weighted by molar-refractivity contribution is 9.10. The Morgan fingerprint density at radius 1 is 0.870 bits per heavy atom. The summed E-state index contributed by atoms with van der Waals surface area (Å²) in [7, 11) is 5.04. The lowest BCUT2D eigenvalue weighted by Crippen LogP contribution is -2.17. The maximum atomic E-state index is 5.44. The van der Waals surface area contributed by atoms with Crippen LogP contribution >= 0.6 is 15.9 Å². The molecule has 2 aromatic carbocycles. The highest BCUT2D eigenvalue weighted by Gasteiger charge is 2.09. The number of para-hydroxylation sites is 1. The number of hydrogen-bond donors (Lipinski definition) is 1. The summed E-state index contributed by atoms with van der Waals surface area (Å²) in [5, 5.41) is 3.44. The van der Waals surface area contributed by atoms with E-state index in [1.165, 1.54) is 0 Å². The topological polar surface area (TPSA) is 39.7 Å². The van der Waals surface area contributed by atoms with Crippen molar-refractivity contribution in [2.75, 3.05) is 27.9 Å². The summed E-state index contributed by atoms with van der Waals surface area (Å²) in [5.74, 6) is 2.57. The minimum absolute atomic E-state index is 0.764. The molecule has 4 nitrogen and oxygen atoms in total. The van der Waals surface area contributed by atoms with Gasteiger partial charge in [0, 0.05) is 12.1 Å². The highest BCUT2D eigenvalue weighted by Crippen LogP contribution is 2.32. The minimum atomic E-state index is 0.764. The molecule has 0 aliphatic rings. The molecule has 0 heterocycles. The van der Waals surface area contributed by atoms with Gasteiger partial charge >= 0.3 is 0 Å². The quantitative estimate of drug-likeness (QED) is 0.709. The molecule has 0 saturated carbocycles. The van der Waals surface area contributed by atoms with Crippen LogP contribution in [0.25, 0.3) is 0 Å². The van der Waals surface area contributed by atoms with Gasteiger partial charge in [0.25, 0.3) is 0 Å². The van der Waals surface area contributed by atoms with Gasteiger partial charge in [-0.1, -0.05) is 18.2 Å². The van der Waals surface area contributed by atoms with Gasteiger partial charge in [-0.2, -0.15) is 0 Å². The molecule has 1 N–H and O–H groups in total. The number of benzene rings is 2. The third kappa shape index (κ3) is 4.62. The molecule has 23 heavy (non-hydrogen) atoms. The molecule has 0 fully saturated rings. The predicted octanol–water partition coefficient (Wildman–Crippen LogP) is 3.81. The molecular formula is C18H22BrNO3. The predicted molar refractivity (Wildman–Crippen MR) is 95.7 cm³/mol. The van der Waals surface area contributed by atoms with Crippen molar-refractivity contribution in [3.05, 3.63) is 52.0 Å². The van der Waals surface area contributed by atoms with Crippen molar-refractivity contribution in [3.63, 3.8) is 0 Å². The molecule has 2 rings (SSSR count). The van der Waals surface area contributed by atoms with Crippen LogP contribution in [0.2, 0.25) is 0 Å². The van der Waals surface area contributed by atoms with E-state index in [0.717, 1.165) is 52.4 Å². The lowest BCUT2D eigenvalue weighted by atomic mass is 10.1. The third-order valence-corrected chi connectivity index (χ3v) is 4.25. The standard InChI is InChI=1S/C18H22BrNO3/c1-21-16-7-5-4-6-14(16)12-20-9-8-13-10-18(23-3)15(19)11-17(13)22-2/h4-7,10-11,20H,8-9,12H2,1-3H3/i3-1. The molecule has 0 bridgehead atoms. The number of nitrogens with one attached hydrogen (secondary N) is 1. The molecule has 0 unspecified atom stereocenters. The molecule has 0 aromatic heterocycles. The normalized spacial score (nSPS) is 10.4. The van der Waals surface area contributed by atoms with Crippen molar-refractivity contribution in [1.29, 1.82) is 0 Å². The Kier molecular flexibility index (Phi) is 6.74. The molecule has 0 amide bonds. The molecule has 0 saturated heterocycles. The van der Waals surface area contributed by atoms with Gasteiger partial charge in [0.15, 0.2) is 0 Å². The molecule has 0 aliphatic carbocycles. The number of rotatable bonds is 8.